The normalized spacial score (nSPS) is 19.3. The van der Waals surface area contributed by atoms with Gasteiger partial charge in [0.25, 0.3) is 5.91 Å². The van der Waals surface area contributed by atoms with E-state index in [1.165, 1.54) is 0 Å². The first-order valence-electron chi connectivity index (χ1n) is 6.73. The van der Waals surface area contributed by atoms with Crippen LogP contribution in [-0.2, 0) is 11.8 Å². The fourth-order valence-corrected chi connectivity index (χ4v) is 3.43. The minimum Gasteiger partial charge on any atom is -0.377 e. The van der Waals surface area contributed by atoms with E-state index in [1.54, 1.807) is 11.3 Å². The van der Waals surface area contributed by atoms with Gasteiger partial charge in [0.1, 0.15) is 0 Å². The third-order valence-electron chi connectivity index (χ3n) is 3.67. The highest BCUT2D eigenvalue weighted by molar-refractivity contribution is 7.13. The number of hydrogen-bond acceptors (Lipinski definition) is 3. The number of hydrogen-bond donors (Lipinski definition) is 0. The molecule has 0 saturated carbocycles. The van der Waals surface area contributed by atoms with Crippen molar-refractivity contribution < 1.29 is 9.53 Å². The Balaban J connectivity index is 1.89. The van der Waals surface area contributed by atoms with Crippen molar-refractivity contribution in [2.45, 2.75) is 13.0 Å². The summed E-state index contributed by atoms with van der Waals surface area (Å²) in [7, 11) is 2.00. The Morgan fingerprint density at radius 3 is 2.90 bits per heavy atom. The molecule has 3 rings (SSSR count). The van der Waals surface area contributed by atoms with Crippen molar-refractivity contribution in [3.05, 3.63) is 45.9 Å². The van der Waals surface area contributed by atoms with E-state index in [0.29, 0.717) is 19.8 Å². The van der Waals surface area contributed by atoms with E-state index in [0.717, 1.165) is 15.4 Å². The lowest BCUT2D eigenvalue weighted by atomic mass is 10.1. The zero-order valence-electron chi connectivity index (χ0n) is 11.7. The lowest BCUT2D eigenvalue weighted by Crippen LogP contribution is -2.43. The molecule has 2 aromatic rings. The summed E-state index contributed by atoms with van der Waals surface area (Å²) in [6, 6.07) is 7.97. The van der Waals surface area contributed by atoms with Gasteiger partial charge in [0.15, 0.2) is 0 Å². The van der Waals surface area contributed by atoms with Gasteiger partial charge in [-0.3, -0.25) is 4.79 Å². The van der Waals surface area contributed by atoms with Gasteiger partial charge in [-0.05, 0) is 31.2 Å². The first kappa shape index (κ1) is 13.4. The maximum Gasteiger partial charge on any atom is 0.264 e. The van der Waals surface area contributed by atoms with Crippen LogP contribution < -0.4 is 0 Å². The van der Waals surface area contributed by atoms with Crippen molar-refractivity contribution in [3.8, 4) is 0 Å². The molecule has 0 spiro atoms. The molecule has 1 amide bonds. The van der Waals surface area contributed by atoms with Crippen molar-refractivity contribution in [1.29, 1.82) is 0 Å². The molecule has 5 heteroatoms. The third kappa shape index (κ3) is 2.39. The van der Waals surface area contributed by atoms with E-state index >= 15 is 0 Å². The summed E-state index contributed by atoms with van der Waals surface area (Å²) in [6.07, 6.45) is 2.00. The predicted molar refractivity (Wildman–Crippen MR) is 79.1 cm³/mol. The average Bonchev–Trinajstić information content (AvgIpc) is 3.07. The van der Waals surface area contributed by atoms with Crippen LogP contribution in [0.5, 0.6) is 0 Å². The zero-order valence-corrected chi connectivity index (χ0v) is 12.5. The Morgan fingerprint density at radius 2 is 2.25 bits per heavy atom. The van der Waals surface area contributed by atoms with Gasteiger partial charge in [-0.1, -0.05) is 0 Å². The first-order chi connectivity index (χ1) is 9.66. The molecular formula is C15H18N2O2S. The van der Waals surface area contributed by atoms with Gasteiger partial charge in [-0.15, -0.1) is 11.3 Å². The van der Waals surface area contributed by atoms with Crippen LogP contribution in [0.2, 0.25) is 0 Å². The van der Waals surface area contributed by atoms with E-state index in [2.05, 4.69) is 10.6 Å². The molecule has 0 aromatic carbocycles. The molecule has 106 valence electrons. The number of carbonyl (C=O) groups excluding carboxylic acids is 1. The molecule has 0 bridgehead atoms. The van der Waals surface area contributed by atoms with Crippen LogP contribution in [0.1, 0.15) is 26.3 Å². The first-order valence-corrected chi connectivity index (χ1v) is 7.55. The van der Waals surface area contributed by atoms with E-state index < -0.39 is 0 Å². The number of thiophene rings is 1. The van der Waals surface area contributed by atoms with Crippen molar-refractivity contribution in [1.82, 2.24) is 9.47 Å². The van der Waals surface area contributed by atoms with Gasteiger partial charge in [0.2, 0.25) is 0 Å². The molecule has 0 N–H and O–H groups in total. The van der Waals surface area contributed by atoms with E-state index in [4.69, 9.17) is 4.74 Å². The van der Waals surface area contributed by atoms with Crippen molar-refractivity contribution in [2.75, 3.05) is 19.8 Å². The van der Waals surface area contributed by atoms with Gasteiger partial charge >= 0.3 is 0 Å². The molecule has 4 nitrogen and oxygen atoms in total. The number of ether oxygens (including phenoxy) is 1. The molecule has 1 aliphatic rings. The number of rotatable bonds is 2. The zero-order chi connectivity index (χ0) is 14.1. The monoisotopic (exact) mass is 290 g/mol. The van der Waals surface area contributed by atoms with Gasteiger partial charge < -0.3 is 14.2 Å². The number of aryl methyl sites for hydroxylation is 2. The molecule has 1 fully saturated rings. The van der Waals surface area contributed by atoms with Crippen LogP contribution in [0.3, 0.4) is 0 Å². The van der Waals surface area contributed by atoms with E-state index in [1.807, 2.05) is 43.3 Å². The molecule has 0 radical (unpaired) electrons. The summed E-state index contributed by atoms with van der Waals surface area (Å²) in [5.41, 5.74) is 1.12. The molecule has 20 heavy (non-hydrogen) atoms. The fraction of sp³-hybridized carbons (Fsp3) is 0.400. The van der Waals surface area contributed by atoms with Gasteiger partial charge in [0, 0.05) is 30.4 Å². The smallest absolute Gasteiger partial charge is 0.264 e. The number of aromatic nitrogens is 1. The molecule has 2 aromatic heterocycles. The topological polar surface area (TPSA) is 34.5 Å². The SMILES string of the molecule is Cc1ccc(C(=O)N2CCOC[C@H]2c2cccn2C)s1. The molecule has 1 saturated heterocycles. The van der Waals surface area contributed by atoms with Crippen molar-refractivity contribution in [3.63, 3.8) is 0 Å². The van der Waals surface area contributed by atoms with Crippen molar-refractivity contribution >= 4 is 17.2 Å². The number of carbonyl (C=O) groups is 1. The van der Waals surface area contributed by atoms with E-state index in [9.17, 15) is 4.79 Å². The minimum absolute atomic E-state index is 0.00124. The van der Waals surface area contributed by atoms with Crippen LogP contribution >= 0.6 is 11.3 Å². The number of nitrogens with zero attached hydrogens (tertiary/aromatic N) is 2. The molecule has 0 unspecified atom stereocenters. The second-order valence-electron chi connectivity index (χ2n) is 5.04. The van der Waals surface area contributed by atoms with Crippen molar-refractivity contribution in [2.24, 2.45) is 7.05 Å². The summed E-state index contributed by atoms with van der Waals surface area (Å²) in [5.74, 6) is 0.109. The summed E-state index contributed by atoms with van der Waals surface area (Å²) >= 11 is 1.55. The standard InChI is InChI=1S/C15H18N2O2S/c1-11-5-6-14(20-11)15(18)17-8-9-19-10-13(17)12-4-3-7-16(12)2/h3-7,13H,8-10H2,1-2H3/t13-/m0/s1. The lowest BCUT2D eigenvalue weighted by molar-refractivity contribution is -0.00437. The molecule has 1 aliphatic heterocycles. The second kappa shape index (κ2) is 5.42. The second-order valence-corrected chi connectivity index (χ2v) is 6.33. The number of morpholine rings is 1. The Hall–Kier alpha value is -1.59. The maximum atomic E-state index is 12.7. The number of amides is 1. The lowest BCUT2D eigenvalue weighted by Gasteiger charge is -2.35. The quantitative estimate of drug-likeness (QED) is 0.852. The van der Waals surface area contributed by atoms with Crippen LogP contribution in [-0.4, -0.2) is 35.1 Å². The molecule has 1 atom stereocenters. The average molecular weight is 290 g/mol. The van der Waals surface area contributed by atoms with E-state index in [-0.39, 0.29) is 11.9 Å². The van der Waals surface area contributed by atoms with Crippen LogP contribution in [0, 0.1) is 6.92 Å². The predicted octanol–water partition coefficient (Wildman–Crippen LogP) is 2.61. The molecular weight excluding hydrogens is 272 g/mol. The highest BCUT2D eigenvalue weighted by atomic mass is 32.1. The van der Waals surface area contributed by atoms with Gasteiger partial charge in [-0.25, -0.2) is 0 Å². The highest BCUT2D eigenvalue weighted by Gasteiger charge is 2.31. The van der Waals surface area contributed by atoms with Gasteiger partial charge in [-0.2, -0.15) is 0 Å². The summed E-state index contributed by atoms with van der Waals surface area (Å²) in [6.45, 7) is 3.84. The minimum atomic E-state index is -0.00124. The van der Waals surface area contributed by atoms with Gasteiger partial charge in [0.05, 0.1) is 24.1 Å². The molecule has 0 aliphatic carbocycles. The summed E-state index contributed by atoms with van der Waals surface area (Å²) in [4.78, 5) is 16.6. The Labute approximate surface area is 122 Å². The van der Waals surface area contributed by atoms with Crippen LogP contribution in [0.15, 0.2) is 30.5 Å². The molecule has 3 heterocycles. The maximum absolute atomic E-state index is 12.7. The van der Waals surface area contributed by atoms with Crippen LogP contribution in [0.25, 0.3) is 0 Å². The summed E-state index contributed by atoms with van der Waals surface area (Å²) < 4.78 is 7.63. The Bertz CT molecular complexity index is 617. The summed E-state index contributed by atoms with van der Waals surface area (Å²) in [5, 5.41) is 0. The Kier molecular flexibility index (Phi) is 3.63. The highest BCUT2D eigenvalue weighted by Crippen LogP contribution is 2.27. The third-order valence-corrected chi connectivity index (χ3v) is 4.65. The largest absolute Gasteiger partial charge is 0.377 e. The Morgan fingerprint density at radius 1 is 1.40 bits per heavy atom. The fourth-order valence-electron chi connectivity index (χ4n) is 2.60. The van der Waals surface area contributed by atoms with Crippen LogP contribution in [0.4, 0.5) is 0 Å².